The van der Waals surface area contributed by atoms with Crippen LogP contribution in [0.3, 0.4) is 0 Å². The van der Waals surface area contributed by atoms with Gasteiger partial charge in [-0.2, -0.15) is 0 Å². The Morgan fingerprint density at radius 1 is 1.07 bits per heavy atom. The molecule has 0 bridgehead atoms. The Morgan fingerprint density at radius 2 is 1.75 bits per heavy atom. The van der Waals surface area contributed by atoms with Crippen LogP contribution >= 0.6 is 0 Å². The van der Waals surface area contributed by atoms with E-state index < -0.39 is 0 Å². The van der Waals surface area contributed by atoms with Gasteiger partial charge in [-0.3, -0.25) is 9.59 Å². The van der Waals surface area contributed by atoms with Crippen molar-refractivity contribution in [3.8, 4) is 0 Å². The van der Waals surface area contributed by atoms with Crippen molar-refractivity contribution >= 4 is 11.9 Å². The molecular weight excluding hydrogens is 467 g/mol. The smallest absolute Gasteiger partial charge is 0.306 e. The number of quaternary nitrogens is 1. The number of nitrogens with zero attached hydrogens (tertiary/aromatic N) is 2. The fourth-order valence-corrected chi connectivity index (χ4v) is 4.52. The summed E-state index contributed by atoms with van der Waals surface area (Å²) in [5, 5.41) is 0. The first-order chi connectivity index (χ1) is 13.0. The minimum atomic E-state index is -0.168. The average molecular weight is 508 g/mol. The van der Waals surface area contributed by atoms with Crippen LogP contribution in [0.4, 0.5) is 0 Å². The highest BCUT2D eigenvalue weighted by Gasteiger charge is 2.33. The lowest BCUT2D eigenvalue weighted by Crippen LogP contribution is -3.00. The first-order valence-corrected chi connectivity index (χ1v) is 11.3. The van der Waals surface area contributed by atoms with Gasteiger partial charge >= 0.3 is 5.97 Å². The zero-order valence-corrected chi connectivity index (χ0v) is 20.3. The van der Waals surface area contributed by atoms with Gasteiger partial charge in [0.25, 0.3) is 0 Å². The van der Waals surface area contributed by atoms with Crippen LogP contribution < -0.4 is 24.0 Å². The van der Waals surface area contributed by atoms with Gasteiger partial charge < -0.3 is 38.1 Å². The van der Waals surface area contributed by atoms with E-state index in [4.69, 9.17) is 4.74 Å². The molecule has 0 spiro atoms. The maximum Gasteiger partial charge on any atom is 0.306 e. The largest absolute Gasteiger partial charge is 1.00 e. The number of amides is 1. The van der Waals surface area contributed by atoms with Crippen LogP contribution in [0.25, 0.3) is 0 Å². The van der Waals surface area contributed by atoms with Crippen molar-refractivity contribution in [2.24, 2.45) is 0 Å². The van der Waals surface area contributed by atoms with Crippen LogP contribution in [0, 0.1) is 0 Å². The maximum atomic E-state index is 12.4. The predicted molar refractivity (Wildman–Crippen MR) is 108 cm³/mol. The molecule has 0 aromatic heterocycles. The summed E-state index contributed by atoms with van der Waals surface area (Å²) in [4.78, 5) is 26.4. The molecule has 28 heavy (non-hydrogen) atoms. The lowest BCUT2D eigenvalue weighted by molar-refractivity contribution is -0.911. The molecule has 0 aliphatic carbocycles. The summed E-state index contributed by atoms with van der Waals surface area (Å²) in [7, 11) is 2.29. The normalized spacial score (nSPS) is 20.4. The summed E-state index contributed by atoms with van der Waals surface area (Å²) in [6.45, 7) is 6.73. The molecule has 0 N–H and O–H groups in total. The molecule has 1 unspecified atom stereocenters. The Morgan fingerprint density at radius 3 is 2.36 bits per heavy atom. The second-order valence-corrected chi connectivity index (χ2v) is 8.88. The summed E-state index contributed by atoms with van der Waals surface area (Å²) in [6, 6.07) is 0. The molecular formula is C22H41IN2O3. The van der Waals surface area contributed by atoms with Gasteiger partial charge in [0, 0.05) is 19.4 Å². The summed E-state index contributed by atoms with van der Waals surface area (Å²) in [5.41, 5.74) is 0. The minimum absolute atomic E-state index is 0. The van der Waals surface area contributed by atoms with E-state index in [1.54, 1.807) is 0 Å². The van der Waals surface area contributed by atoms with E-state index in [-0.39, 0.29) is 42.0 Å². The summed E-state index contributed by atoms with van der Waals surface area (Å²) in [5.74, 6) is 0.138. The fraction of sp³-hybridized carbons (Fsp3) is 0.909. The molecule has 0 saturated carbocycles. The number of hydrogen-bond donors (Lipinski definition) is 0. The number of rotatable bonds is 11. The monoisotopic (exact) mass is 508 g/mol. The van der Waals surface area contributed by atoms with Gasteiger partial charge in [-0.25, -0.2) is 0 Å². The molecule has 0 radical (unpaired) electrons. The van der Waals surface area contributed by atoms with Crippen molar-refractivity contribution in [1.29, 1.82) is 0 Å². The van der Waals surface area contributed by atoms with E-state index in [0.29, 0.717) is 19.4 Å². The SMILES string of the molecule is CCCCCCCC(=O)OC(CN1CCCC1=O)C[N+]1(C)CCCCCC1.[I-]. The number of likely N-dealkylation sites (tertiary alicyclic amines) is 2. The highest BCUT2D eigenvalue weighted by molar-refractivity contribution is 5.78. The van der Waals surface area contributed by atoms with Crippen LogP contribution in [-0.4, -0.2) is 67.1 Å². The van der Waals surface area contributed by atoms with Gasteiger partial charge in [0.1, 0.15) is 6.54 Å². The molecule has 2 aliphatic heterocycles. The summed E-state index contributed by atoms with van der Waals surface area (Å²) < 4.78 is 6.90. The van der Waals surface area contributed by atoms with Crippen molar-refractivity contribution in [3.05, 3.63) is 0 Å². The Balaban J connectivity index is 0.00000392. The first kappa shape index (κ1) is 25.7. The van der Waals surface area contributed by atoms with Gasteiger partial charge in [-0.1, -0.05) is 32.6 Å². The molecule has 1 amide bonds. The number of esters is 1. The molecule has 2 saturated heterocycles. The Hall–Kier alpha value is -0.370. The second-order valence-electron chi connectivity index (χ2n) is 8.88. The molecule has 0 aromatic carbocycles. The average Bonchev–Trinajstić information content (AvgIpc) is 2.89. The van der Waals surface area contributed by atoms with E-state index in [1.807, 2.05) is 4.90 Å². The second kappa shape index (κ2) is 13.8. The molecule has 2 rings (SSSR count). The van der Waals surface area contributed by atoms with E-state index in [9.17, 15) is 9.59 Å². The number of likely N-dealkylation sites (N-methyl/N-ethyl adjacent to an activating group) is 1. The van der Waals surface area contributed by atoms with Gasteiger partial charge in [-0.15, -0.1) is 0 Å². The third-order valence-electron chi connectivity index (χ3n) is 6.17. The predicted octanol–water partition coefficient (Wildman–Crippen LogP) is 0.906. The molecule has 2 aliphatic rings. The van der Waals surface area contributed by atoms with Crippen molar-refractivity contribution in [2.45, 2.75) is 90.1 Å². The van der Waals surface area contributed by atoms with Gasteiger partial charge in [-0.05, 0) is 38.5 Å². The quantitative estimate of drug-likeness (QED) is 0.181. The molecule has 2 fully saturated rings. The number of halogens is 1. The van der Waals surface area contributed by atoms with Crippen LogP contribution in [0.5, 0.6) is 0 Å². The lowest BCUT2D eigenvalue weighted by atomic mass is 10.1. The number of carbonyl (C=O) groups excluding carboxylic acids is 2. The summed E-state index contributed by atoms with van der Waals surface area (Å²) in [6.07, 6.45) is 12.7. The zero-order chi connectivity index (χ0) is 19.5. The maximum absolute atomic E-state index is 12.4. The highest BCUT2D eigenvalue weighted by atomic mass is 127. The van der Waals surface area contributed by atoms with Gasteiger partial charge in [0.05, 0.1) is 26.7 Å². The number of ether oxygens (including phenoxy) is 1. The fourth-order valence-electron chi connectivity index (χ4n) is 4.52. The number of hydrogen-bond acceptors (Lipinski definition) is 3. The van der Waals surface area contributed by atoms with Crippen LogP contribution in [0.2, 0.25) is 0 Å². The standard InChI is InChI=1S/C22H41N2O3.HI/c1-3-4-5-6-9-14-22(26)27-20(18-23-15-12-13-21(23)25)19-24(2)16-10-7-8-11-17-24;/h20H,3-19H2,1-2H3;1H/q+1;/p-1. The molecule has 164 valence electrons. The van der Waals surface area contributed by atoms with Crippen molar-refractivity contribution in [2.75, 3.05) is 39.8 Å². The highest BCUT2D eigenvalue weighted by Crippen LogP contribution is 2.20. The number of carbonyl (C=O) groups is 2. The van der Waals surface area contributed by atoms with Crippen LogP contribution in [0.1, 0.15) is 84.0 Å². The third-order valence-corrected chi connectivity index (χ3v) is 6.17. The number of unbranched alkanes of at least 4 members (excludes halogenated alkanes) is 4. The molecule has 5 nitrogen and oxygen atoms in total. The Labute approximate surface area is 189 Å². The summed E-state index contributed by atoms with van der Waals surface area (Å²) >= 11 is 0. The Kier molecular flexibility index (Phi) is 12.6. The van der Waals surface area contributed by atoms with Crippen LogP contribution in [-0.2, 0) is 14.3 Å². The zero-order valence-electron chi connectivity index (χ0n) is 18.1. The first-order valence-electron chi connectivity index (χ1n) is 11.3. The van der Waals surface area contributed by atoms with Crippen LogP contribution in [0.15, 0.2) is 0 Å². The van der Waals surface area contributed by atoms with Gasteiger partial charge in [0.15, 0.2) is 6.10 Å². The van der Waals surface area contributed by atoms with E-state index in [2.05, 4.69) is 14.0 Å². The topological polar surface area (TPSA) is 46.6 Å². The van der Waals surface area contributed by atoms with Gasteiger partial charge in [0.2, 0.25) is 5.91 Å². The van der Waals surface area contributed by atoms with Crippen molar-refractivity contribution in [1.82, 2.24) is 4.90 Å². The Bertz CT molecular complexity index is 465. The minimum Gasteiger partial charge on any atom is -1.00 e. The molecule has 0 aromatic rings. The van der Waals surface area contributed by atoms with E-state index >= 15 is 0 Å². The molecule has 6 heteroatoms. The molecule has 1 atom stereocenters. The van der Waals surface area contributed by atoms with E-state index in [0.717, 1.165) is 49.9 Å². The third kappa shape index (κ3) is 9.42. The lowest BCUT2D eigenvalue weighted by Gasteiger charge is -2.37. The van der Waals surface area contributed by atoms with E-state index in [1.165, 1.54) is 44.9 Å². The van der Waals surface area contributed by atoms with Crippen molar-refractivity contribution in [3.63, 3.8) is 0 Å². The van der Waals surface area contributed by atoms with Crippen molar-refractivity contribution < 1.29 is 42.8 Å². The molecule has 2 heterocycles.